The number of hydrogen-bond acceptors (Lipinski definition) is 2. The highest BCUT2D eigenvalue weighted by Crippen LogP contribution is 2.26. The highest BCUT2D eigenvalue weighted by Gasteiger charge is 2.26. The van der Waals surface area contributed by atoms with Gasteiger partial charge in [-0.25, -0.2) is 0 Å². The van der Waals surface area contributed by atoms with Crippen molar-refractivity contribution < 1.29 is 0 Å². The van der Waals surface area contributed by atoms with Crippen LogP contribution in [0.3, 0.4) is 0 Å². The maximum atomic E-state index is 3.62. The molecule has 1 saturated carbocycles. The van der Waals surface area contributed by atoms with Gasteiger partial charge in [-0.15, -0.1) is 0 Å². The Balaban J connectivity index is 1.77. The summed E-state index contributed by atoms with van der Waals surface area (Å²) in [5, 5.41) is 3.62. The Morgan fingerprint density at radius 3 is 2.39 bits per heavy atom. The van der Waals surface area contributed by atoms with Crippen LogP contribution < -0.4 is 5.32 Å². The number of rotatable bonds is 4. The molecule has 0 bridgehead atoms. The normalized spacial score (nSPS) is 28.5. The first-order valence-electron chi connectivity index (χ1n) is 8.23. The highest BCUT2D eigenvalue weighted by molar-refractivity contribution is 4.81. The van der Waals surface area contributed by atoms with E-state index in [0.717, 1.165) is 12.0 Å². The van der Waals surface area contributed by atoms with Gasteiger partial charge in [0.15, 0.2) is 0 Å². The molecule has 1 atom stereocenters. The zero-order chi connectivity index (χ0) is 12.8. The number of likely N-dealkylation sites (tertiary alicyclic amines) is 1. The average molecular weight is 252 g/mol. The fourth-order valence-corrected chi connectivity index (χ4v) is 3.62. The Morgan fingerprint density at radius 2 is 1.72 bits per heavy atom. The second-order valence-electron chi connectivity index (χ2n) is 6.71. The third-order valence-electron chi connectivity index (χ3n) is 4.71. The van der Waals surface area contributed by atoms with Crippen molar-refractivity contribution in [2.24, 2.45) is 5.92 Å². The first kappa shape index (κ1) is 14.3. The van der Waals surface area contributed by atoms with Crippen molar-refractivity contribution in [1.29, 1.82) is 0 Å². The molecular weight excluding hydrogens is 220 g/mol. The first-order valence-corrected chi connectivity index (χ1v) is 8.23. The zero-order valence-electron chi connectivity index (χ0n) is 12.5. The van der Waals surface area contributed by atoms with Crippen LogP contribution in [0.15, 0.2) is 0 Å². The lowest BCUT2D eigenvalue weighted by molar-refractivity contribution is 0.111. The molecule has 2 aliphatic rings. The van der Waals surface area contributed by atoms with Crippen LogP contribution in [0.5, 0.6) is 0 Å². The van der Waals surface area contributed by atoms with E-state index in [1.807, 2.05) is 0 Å². The smallest absolute Gasteiger partial charge is 0.00953 e. The first-order chi connectivity index (χ1) is 8.75. The summed E-state index contributed by atoms with van der Waals surface area (Å²) < 4.78 is 0. The van der Waals surface area contributed by atoms with E-state index < -0.39 is 0 Å². The standard InChI is InChI=1S/C16H32N2/c1-14(2)17-12-15-8-7-11-18(13-15)16-9-5-3-4-6-10-16/h14-17H,3-13H2,1-2H3. The predicted octanol–water partition coefficient (Wildman–Crippen LogP) is 3.42. The van der Waals surface area contributed by atoms with Crippen molar-refractivity contribution in [2.75, 3.05) is 19.6 Å². The lowest BCUT2D eigenvalue weighted by Gasteiger charge is -2.38. The molecule has 0 aromatic heterocycles. The summed E-state index contributed by atoms with van der Waals surface area (Å²) in [5.41, 5.74) is 0. The van der Waals surface area contributed by atoms with Crippen LogP contribution in [0.1, 0.15) is 65.2 Å². The molecule has 0 radical (unpaired) electrons. The van der Waals surface area contributed by atoms with Crippen LogP contribution in [0, 0.1) is 5.92 Å². The van der Waals surface area contributed by atoms with Gasteiger partial charge in [0.25, 0.3) is 0 Å². The highest BCUT2D eigenvalue weighted by atomic mass is 15.2. The van der Waals surface area contributed by atoms with Crippen molar-refractivity contribution in [3.05, 3.63) is 0 Å². The quantitative estimate of drug-likeness (QED) is 0.771. The fraction of sp³-hybridized carbons (Fsp3) is 1.00. The molecule has 2 fully saturated rings. The van der Waals surface area contributed by atoms with Gasteiger partial charge >= 0.3 is 0 Å². The number of nitrogens with one attached hydrogen (secondary N) is 1. The minimum atomic E-state index is 0.637. The van der Waals surface area contributed by atoms with Gasteiger partial charge in [-0.3, -0.25) is 0 Å². The lowest BCUT2D eigenvalue weighted by atomic mass is 9.94. The summed E-state index contributed by atoms with van der Waals surface area (Å²) in [6.45, 7) is 8.45. The van der Waals surface area contributed by atoms with Gasteiger partial charge in [-0.1, -0.05) is 39.5 Å². The van der Waals surface area contributed by atoms with Crippen molar-refractivity contribution in [3.63, 3.8) is 0 Å². The van der Waals surface area contributed by atoms with Crippen molar-refractivity contribution in [1.82, 2.24) is 10.2 Å². The molecule has 1 N–H and O–H groups in total. The second-order valence-corrected chi connectivity index (χ2v) is 6.71. The summed E-state index contributed by atoms with van der Waals surface area (Å²) >= 11 is 0. The molecule has 18 heavy (non-hydrogen) atoms. The molecule has 1 saturated heterocycles. The molecule has 0 aromatic carbocycles. The van der Waals surface area contributed by atoms with Crippen LogP contribution in [0.2, 0.25) is 0 Å². The Morgan fingerprint density at radius 1 is 1.00 bits per heavy atom. The van der Waals surface area contributed by atoms with E-state index in [9.17, 15) is 0 Å². The van der Waals surface area contributed by atoms with Crippen LogP contribution in [-0.4, -0.2) is 36.6 Å². The number of piperidine rings is 1. The SMILES string of the molecule is CC(C)NCC1CCCN(C2CCCCCC2)C1. The molecule has 106 valence electrons. The van der Waals surface area contributed by atoms with Gasteiger partial charge in [-0.2, -0.15) is 0 Å². The molecule has 2 heteroatoms. The molecule has 2 rings (SSSR count). The van der Waals surface area contributed by atoms with Crippen molar-refractivity contribution in [2.45, 2.75) is 77.3 Å². The largest absolute Gasteiger partial charge is 0.314 e. The van der Waals surface area contributed by atoms with Crippen LogP contribution in [-0.2, 0) is 0 Å². The van der Waals surface area contributed by atoms with Gasteiger partial charge in [0.2, 0.25) is 0 Å². The molecule has 0 aromatic rings. The van der Waals surface area contributed by atoms with Gasteiger partial charge in [-0.05, 0) is 44.7 Å². The lowest BCUT2D eigenvalue weighted by Crippen LogP contribution is -2.45. The molecular formula is C16H32N2. The Labute approximate surface area is 114 Å². The van der Waals surface area contributed by atoms with Gasteiger partial charge in [0, 0.05) is 18.6 Å². The Bertz CT molecular complexity index is 219. The van der Waals surface area contributed by atoms with E-state index in [1.54, 1.807) is 0 Å². The van der Waals surface area contributed by atoms with E-state index in [4.69, 9.17) is 0 Å². The fourth-order valence-electron chi connectivity index (χ4n) is 3.62. The van der Waals surface area contributed by atoms with Crippen LogP contribution >= 0.6 is 0 Å². The van der Waals surface area contributed by atoms with Gasteiger partial charge < -0.3 is 10.2 Å². The minimum Gasteiger partial charge on any atom is -0.314 e. The van der Waals surface area contributed by atoms with E-state index in [0.29, 0.717) is 6.04 Å². The number of nitrogens with zero attached hydrogens (tertiary/aromatic N) is 1. The zero-order valence-corrected chi connectivity index (χ0v) is 12.5. The molecule has 1 aliphatic carbocycles. The molecule has 1 unspecified atom stereocenters. The summed E-state index contributed by atoms with van der Waals surface area (Å²) in [5.74, 6) is 0.893. The third-order valence-corrected chi connectivity index (χ3v) is 4.71. The number of hydrogen-bond donors (Lipinski definition) is 1. The van der Waals surface area contributed by atoms with Crippen molar-refractivity contribution in [3.8, 4) is 0 Å². The van der Waals surface area contributed by atoms with E-state index in [2.05, 4.69) is 24.1 Å². The summed E-state index contributed by atoms with van der Waals surface area (Å²) in [6, 6.07) is 1.55. The monoisotopic (exact) mass is 252 g/mol. The minimum absolute atomic E-state index is 0.637. The van der Waals surface area contributed by atoms with E-state index in [-0.39, 0.29) is 0 Å². The molecule has 1 aliphatic heterocycles. The van der Waals surface area contributed by atoms with E-state index in [1.165, 1.54) is 71.0 Å². The topological polar surface area (TPSA) is 15.3 Å². The summed E-state index contributed by atoms with van der Waals surface area (Å²) in [6.07, 6.45) is 11.7. The molecule has 0 amide bonds. The van der Waals surface area contributed by atoms with Crippen LogP contribution in [0.25, 0.3) is 0 Å². The summed E-state index contributed by atoms with van der Waals surface area (Å²) in [7, 11) is 0. The Kier molecular flexibility index (Phi) is 5.97. The summed E-state index contributed by atoms with van der Waals surface area (Å²) in [4.78, 5) is 2.82. The van der Waals surface area contributed by atoms with Gasteiger partial charge in [0.05, 0.1) is 0 Å². The molecule has 2 nitrogen and oxygen atoms in total. The third kappa shape index (κ3) is 4.55. The maximum absolute atomic E-state index is 3.62. The average Bonchev–Trinajstić information content (AvgIpc) is 2.65. The Hall–Kier alpha value is -0.0800. The van der Waals surface area contributed by atoms with Crippen LogP contribution in [0.4, 0.5) is 0 Å². The maximum Gasteiger partial charge on any atom is 0.00953 e. The van der Waals surface area contributed by atoms with E-state index >= 15 is 0 Å². The molecule has 1 heterocycles. The van der Waals surface area contributed by atoms with Crippen molar-refractivity contribution >= 4 is 0 Å². The predicted molar refractivity (Wildman–Crippen MR) is 78.9 cm³/mol. The molecule has 0 spiro atoms. The van der Waals surface area contributed by atoms with Gasteiger partial charge in [0.1, 0.15) is 0 Å². The second kappa shape index (κ2) is 7.49.